The molecule has 2 nitrogen and oxygen atoms in total. The monoisotopic (exact) mass is 353 g/mol. The molecule has 0 saturated heterocycles. The minimum atomic E-state index is -0.363. The third kappa shape index (κ3) is 2.48. The topological polar surface area (TPSA) is 32.3 Å². The maximum absolute atomic E-state index is 9.55. The Hall–Kier alpha value is -2.68. The zero-order chi connectivity index (χ0) is 18.3. The second-order valence-corrected chi connectivity index (χ2v) is 7.51. The fourth-order valence-electron chi connectivity index (χ4n) is 4.81. The average molecular weight is 353 g/mol. The molecule has 0 saturated carbocycles. The first-order valence-corrected chi connectivity index (χ1v) is 9.64. The number of hydrogen-bond acceptors (Lipinski definition) is 2. The van der Waals surface area contributed by atoms with Crippen molar-refractivity contribution in [1.82, 2.24) is 5.32 Å². The summed E-state index contributed by atoms with van der Waals surface area (Å²) in [5.41, 5.74) is 7.27. The Morgan fingerprint density at radius 3 is 2.00 bits per heavy atom. The van der Waals surface area contributed by atoms with Gasteiger partial charge in [-0.05, 0) is 46.2 Å². The minimum Gasteiger partial charge on any atom is -0.392 e. The fraction of sp³-hybridized carbons (Fsp3) is 0.200. The first-order valence-electron chi connectivity index (χ1n) is 9.64. The molecule has 134 valence electrons. The molecule has 0 heterocycles. The Morgan fingerprint density at radius 2 is 1.41 bits per heavy atom. The van der Waals surface area contributed by atoms with Gasteiger partial charge in [-0.1, -0.05) is 84.9 Å². The number of aliphatic hydroxyl groups is 1. The van der Waals surface area contributed by atoms with E-state index >= 15 is 0 Å². The molecule has 27 heavy (non-hydrogen) atoms. The summed E-state index contributed by atoms with van der Waals surface area (Å²) in [6.07, 6.45) is 4.04. The molecule has 2 aliphatic carbocycles. The van der Waals surface area contributed by atoms with Crippen molar-refractivity contribution in [3.63, 3.8) is 0 Å². The van der Waals surface area contributed by atoms with Gasteiger partial charge in [0.1, 0.15) is 0 Å². The van der Waals surface area contributed by atoms with Gasteiger partial charge in [0.05, 0.1) is 12.1 Å². The van der Waals surface area contributed by atoms with Gasteiger partial charge in [0.2, 0.25) is 0 Å². The highest BCUT2D eigenvalue weighted by Crippen LogP contribution is 2.51. The van der Waals surface area contributed by atoms with Gasteiger partial charge in [-0.15, -0.1) is 0 Å². The molecule has 0 bridgehead atoms. The van der Waals surface area contributed by atoms with Crippen LogP contribution in [0.4, 0.5) is 0 Å². The van der Waals surface area contributed by atoms with Crippen LogP contribution in [0, 0.1) is 0 Å². The van der Waals surface area contributed by atoms with Crippen molar-refractivity contribution < 1.29 is 5.11 Å². The van der Waals surface area contributed by atoms with Crippen molar-refractivity contribution >= 4 is 0 Å². The van der Waals surface area contributed by atoms with Gasteiger partial charge in [0, 0.05) is 6.04 Å². The van der Waals surface area contributed by atoms with Crippen molar-refractivity contribution in [2.45, 2.75) is 24.4 Å². The first kappa shape index (κ1) is 16.5. The highest BCUT2D eigenvalue weighted by molar-refractivity contribution is 5.83. The number of aliphatic hydroxyl groups excluding tert-OH is 1. The number of benzene rings is 3. The van der Waals surface area contributed by atoms with E-state index in [1.54, 1.807) is 0 Å². The third-order valence-electron chi connectivity index (χ3n) is 5.98. The van der Waals surface area contributed by atoms with Crippen LogP contribution in [0.25, 0.3) is 11.1 Å². The van der Waals surface area contributed by atoms with Crippen LogP contribution in [0.1, 0.15) is 29.5 Å². The van der Waals surface area contributed by atoms with Crippen molar-refractivity contribution in [3.05, 3.63) is 107 Å². The molecule has 3 aromatic rings. The average Bonchev–Trinajstić information content (AvgIpc) is 3.31. The summed E-state index contributed by atoms with van der Waals surface area (Å²) in [5, 5.41) is 13.6. The Morgan fingerprint density at radius 1 is 0.815 bits per heavy atom. The molecule has 0 amide bonds. The van der Waals surface area contributed by atoms with Crippen LogP contribution in [-0.2, 0) is 5.54 Å². The molecule has 0 radical (unpaired) electrons. The van der Waals surface area contributed by atoms with E-state index < -0.39 is 0 Å². The van der Waals surface area contributed by atoms with Gasteiger partial charge >= 0.3 is 0 Å². The molecule has 1 atom stereocenters. The number of hydrogen-bond donors (Lipinski definition) is 2. The van der Waals surface area contributed by atoms with E-state index in [9.17, 15) is 5.11 Å². The molecule has 3 aromatic carbocycles. The summed E-state index contributed by atoms with van der Waals surface area (Å²) < 4.78 is 0. The number of fused-ring (bicyclic) bond motifs is 3. The van der Waals surface area contributed by atoms with Crippen molar-refractivity contribution in [2.75, 3.05) is 6.61 Å². The van der Waals surface area contributed by atoms with E-state index in [1.807, 2.05) is 0 Å². The predicted molar refractivity (Wildman–Crippen MR) is 110 cm³/mol. The Bertz CT molecular complexity index is 960. The van der Waals surface area contributed by atoms with Crippen LogP contribution in [-0.4, -0.2) is 17.8 Å². The largest absolute Gasteiger partial charge is 0.392 e. The molecule has 2 heteroatoms. The van der Waals surface area contributed by atoms with Crippen LogP contribution < -0.4 is 5.32 Å². The van der Waals surface area contributed by atoms with E-state index in [1.165, 1.54) is 27.8 Å². The van der Waals surface area contributed by atoms with Crippen LogP contribution in [0.5, 0.6) is 0 Å². The number of rotatable bonds is 4. The summed E-state index contributed by atoms with van der Waals surface area (Å²) >= 11 is 0. The second-order valence-electron chi connectivity index (χ2n) is 7.51. The highest BCUT2D eigenvalue weighted by Gasteiger charge is 2.45. The lowest BCUT2D eigenvalue weighted by Crippen LogP contribution is -2.48. The van der Waals surface area contributed by atoms with E-state index in [0.717, 1.165) is 18.4 Å². The van der Waals surface area contributed by atoms with Gasteiger partial charge in [0.15, 0.2) is 0 Å². The van der Waals surface area contributed by atoms with Crippen molar-refractivity contribution in [1.29, 1.82) is 0 Å². The Labute approximate surface area is 160 Å². The molecule has 0 spiro atoms. The third-order valence-corrected chi connectivity index (χ3v) is 5.98. The van der Waals surface area contributed by atoms with Crippen LogP contribution in [0.2, 0.25) is 0 Å². The van der Waals surface area contributed by atoms with E-state index in [4.69, 9.17) is 0 Å². The lowest BCUT2D eigenvalue weighted by atomic mass is 9.79. The molecule has 2 N–H and O–H groups in total. The quantitative estimate of drug-likeness (QED) is 0.670. The summed E-state index contributed by atoms with van der Waals surface area (Å²) in [6.45, 7) is 0.156. The zero-order valence-corrected chi connectivity index (χ0v) is 15.2. The van der Waals surface area contributed by atoms with Crippen molar-refractivity contribution in [3.8, 4) is 11.1 Å². The fourth-order valence-corrected chi connectivity index (χ4v) is 4.81. The van der Waals surface area contributed by atoms with Crippen LogP contribution >= 0.6 is 0 Å². The van der Waals surface area contributed by atoms with E-state index in [0.29, 0.717) is 6.04 Å². The smallest absolute Gasteiger partial charge is 0.0962 e. The van der Waals surface area contributed by atoms with Crippen LogP contribution in [0.15, 0.2) is 90.5 Å². The van der Waals surface area contributed by atoms with Crippen LogP contribution in [0.3, 0.4) is 0 Å². The Balaban J connectivity index is 1.72. The van der Waals surface area contributed by atoms with E-state index in [-0.39, 0.29) is 12.1 Å². The lowest BCUT2D eigenvalue weighted by molar-refractivity contribution is 0.322. The normalized spacial score (nSPS) is 19.4. The Kier molecular flexibility index (Phi) is 3.96. The summed E-state index contributed by atoms with van der Waals surface area (Å²) in [5.74, 6) is 0. The molecule has 0 aliphatic heterocycles. The van der Waals surface area contributed by atoms with Gasteiger partial charge in [-0.25, -0.2) is 0 Å². The maximum atomic E-state index is 9.55. The molecule has 0 unspecified atom stereocenters. The molecular formula is C25H23NO. The maximum Gasteiger partial charge on any atom is 0.0962 e. The second kappa shape index (κ2) is 6.49. The number of nitrogens with one attached hydrogen (secondary N) is 1. The summed E-state index contributed by atoms with van der Waals surface area (Å²) in [6, 6.07) is 28.6. The molecule has 5 rings (SSSR count). The molecular weight excluding hydrogens is 330 g/mol. The summed E-state index contributed by atoms with van der Waals surface area (Å²) in [4.78, 5) is 0. The van der Waals surface area contributed by atoms with E-state index in [2.05, 4.69) is 90.3 Å². The molecule has 2 aliphatic rings. The van der Waals surface area contributed by atoms with Gasteiger partial charge < -0.3 is 5.11 Å². The van der Waals surface area contributed by atoms with Gasteiger partial charge in [0.25, 0.3) is 0 Å². The standard InChI is InChI=1S/C25H23NO/c27-17-18-14-15-20(16-18)26-25(19-8-2-1-3-9-19)23-12-6-4-10-21(23)22-11-5-7-13-24(22)25/h1-14,20,26-27H,15-17H2/t20-/m0/s1. The van der Waals surface area contributed by atoms with Crippen molar-refractivity contribution in [2.24, 2.45) is 0 Å². The van der Waals surface area contributed by atoms with Gasteiger partial charge in [-0.3, -0.25) is 5.32 Å². The summed E-state index contributed by atoms with van der Waals surface area (Å²) in [7, 11) is 0. The van der Waals surface area contributed by atoms with Gasteiger partial charge in [-0.2, -0.15) is 0 Å². The first-order chi connectivity index (χ1) is 13.3. The molecule has 0 fully saturated rings. The predicted octanol–water partition coefficient (Wildman–Crippen LogP) is 4.63. The SMILES string of the molecule is OCC1=CC[C@H](NC2(c3ccccc3)c3ccccc3-c3ccccc32)C1. The molecule has 0 aromatic heterocycles. The lowest BCUT2D eigenvalue weighted by Gasteiger charge is -2.37. The zero-order valence-electron chi connectivity index (χ0n) is 15.2. The minimum absolute atomic E-state index is 0.156. The highest BCUT2D eigenvalue weighted by atomic mass is 16.3.